The number of halogens is 2. The number of anilines is 1. The number of nitrogens with one attached hydrogen (secondary N) is 1. The zero-order valence-corrected chi connectivity index (χ0v) is 19.4. The number of hydrogen-bond acceptors (Lipinski definition) is 4. The largest absolute Gasteiger partial charge is 0.307 e. The highest BCUT2D eigenvalue weighted by Crippen LogP contribution is 2.23. The van der Waals surface area contributed by atoms with E-state index in [1.165, 1.54) is 16.4 Å². The van der Waals surface area contributed by atoms with Crippen LogP contribution in [0.2, 0.25) is 10.0 Å². The Morgan fingerprint density at radius 2 is 1.84 bits per heavy atom. The maximum absolute atomic E-state index is 12.8. The van der Waals surface area contributed by atoms with Crippen molar-refractivity contribution in [2.75, 3.05) is 18.4 Å². The fourth-order valence-corrected chi connectivity index (χ4v) is 5.05. The fraction of sp³-hybridized carbons (Fsp3) is 0.238. The van der Waals surface area contributed by atoms with Gasteiger partial charge in [0.15, 0.2) is 0 Å². The summed E-state index contributed by atoms with van der Waals surface area (Å²) in [6.45, 7) is 4.57. The first-order valence-corrected chi connectivity index (χ1v) is 11.8. The Morgan fingerprint density at radius 1 is 1.10 bits per heavy atom. The molecule has 0 fully saturated rings. The van der Waals surface area contributed by atoms with Crippen molar-refractivity contribution in [2.45, 2.75) is 25.3 Å². The minimum Gasteiger partial charge on any atom is -0.307 e. The summed E-state index contributed by atoms with van der Waals surface area (Å²) >= 11 is 12.2. The number of aromatic nitrogens is 2. The Bertz CT molecular complexity index is 1190. The molecule has 10 heteroatoms. The molecule has 0 spiro atoms. The average molecular weight is 481 g/mol. The van der Waals surface area contributed by atoms with Gasteiger partial charge in [0, 0.05) is 34.8 Å². The number of carbonyl (C=O) groups is 1. The number of carbonyl (C=O) groups excluding carboxylic acids is 1. The summed E-state index contributed by atoms with van der Waals surface area (Å²) in [5, 5.41) is 8.03. The van der Waals surface area contributed by atoms with E-state index in [1.807, 2.05) is 0 Å². The van der Waals surface area contributed by atoms with Crippen LogP contribution in [0.4, 0.5) is 5.82 Å². The molecule has 1 heterocycles. The Kier molecular flexibility index (Phi) is 7.38. The monoisotopic (exact) mass is 480 g/mol. The average Bonchev–Trinajstić information content (AvgIpc) is 3.17. The van der Waals surface area contributed by atoms with Gasteiger partial charge in [-0.3, -0.25) is 4.79 Å². The van der Waals surface area contributed by atoms with E-state index >= 15 is 0 Å². The quantitative estimate of drug-likeness (QED) is 0.513. The number of hydrogen-bond donors (Lipinski definition) is 1. The summed E-state index contributed by atoms with van der Waals surface area (Å²) in [6, 6.07) is 12.8. The summed E-state index contributed by atoms with van der Waals surface area (Å²) in [6.07, 6.45) is 1.56. The van der Waals surface area contributed by atoms with Crippen molar-refractivity contribution in [3.05, 3.63) is 75.9 Å². The van der Waals surface area contributed by atoms with Gasteiger partial charge in [-0.25, -0.2) is 13.1 Å². The molecule has 7 nitrogen and oxygen atoms in total. The van der Waals surface area contributed by atoms with Crippen LogP contribution in [0.15, 0.2) is 59.6 Å². The highest BCUT2D eigenvalue weighted by atomic mass is 35.5. The third kappa shape index (κ3) is 5.27. The van der Waals surface area contributed by atoms with Crippen molar-refractivity contribution in [2.24, 2.45) is 0 Å². The predicted octanol–water partition coefficient (Wildman–Crippen LogP) is 4.52. The summed E-state index contributed by atoms with van der Waals surface area (Å²) in [7, 11) is -3.67. The molecule has 0 atom stereocenters. The second-order valence-electron chi connectivity index (χ2n) is 6.68. The Hall–Kier alpha value is -2.39. The van der Waals surface area contributed by atoms with Crippen LogP contribution in [0.25, 0.3) is 0 Å². The van der Waals surface area contributed by atoms with Crippen LogP contribution < -0.4 is 5.32 Å². The number of rotatable bonds is 8. The van der Waals surface area contributed by atoms with Crippen LogP contribution in [-0.2, 0) is 16.6 Å². The number of nitrogens with zero attached hydrogens (tertiary/aromatic N) is 3. The first kappa shape index (κ1) is 23.3. The van der Waals surface area contributed by atoms with Crippen LogP contribution in [0.1, 0.15) is 29.8 Å². The van der Waals surface area contributed by atoms with Gasteiger partial charge in [-0.05, 0) is 35.9 Å². The van der Waals surface area contributed by atoms with Crippen LogP contribution in [0, 0.1) is 0 Å². The molecule has 3 aromatic rings. The number of sulfonamides is 1. The van der Waals surface area contributed by atoms with Gasteiger partial charge >= 0.3 is 0 Å². The van der Waals surface area contributed by atoms with Crippen molar-refractivity contribution in [3.63, 3.8) is 0 Å². The van der Waals surface area contributed by atoms with Gasteiger partial charge in [0.05, 0.1) is 17.6 Å². The van der Waals surface area contributed by atoms with E-state index in [9.17, 15) is 13.2 Å². The van der Waals surface area contributed by atoms with Crippen molar-refractivity contribution in [3.8, 4) is 0 Å². The molecule has 1 aromatic heterocycles. The van der Waals surface area contributed by atoms with E-state index in [0.29, 0.717) is 35.5 Å². The zero-order valence-electron chi connectivity index (χ0n) is 17.0. The summed E-state index contributed by atoms with van der Waals surface area (Å²) < 4.78 is 28.4. The Balaban J connectivity index is 1.81. The first-order valence-electron chi connectivity index (χ1n) is 9.63. The second-order valence-corrected chi connectivity index (χ2v) is 9.46. The van der Waals surface area contributed by atoms with E-state index in [-0.39, 0.29) is 10.5 Å². The minimum absolute atomic E-state index is 0.0744. The number of benzene rings is 2. The molecule has 0 aliphatic heterocycles. The lowest BCUT2D eigenvalue weighted by Crippen LogP contribution is -2.30. The summed E-state index contributed by atoms with van der Waals surface area (Å²) in [4.78, 5) is 12.9. The summed E-state index contributed by atoms with van der Waals surface area (Å²) in [5.41, 5.74) is 1.02. The highest BCUT2D eigenvalue weighted by molar-refractivity contribution is 7.89. The van der Waals surface area contributed by atoms with Crippen LogP contribution in [0.5, 0.6) is 0 Å². The van der Waals surface area contributed by atoms with Gasteiger partial charge in [0.25, 0.3) is 5.91 Å². The molecule has 2 aromatic carbocycles. The molecule has 164 valence electrons. The second kappa shape index (κ2) is 9.82. The molecular formula is C21H22Cl2N4O3S. The van der Waals surface area contributed by atoms with Crippen LogP contribution >= 0.6 is 23.2 Å². The molecule has 1 amide bonds. The summed E-state index contributed by atoms with van der Waals surface area (Å²) in [5.74, 6) is 0.00793. The van der Waals surface area contributed by atoms with Crippen LogP contribution in [0.3, 0.4) is 0 Å². The number of amides is 1. The zero-order chi connectivity index (χ0) is 22.6. The van der Waals surface area contributed by atoms with Gasteiger partial charge in [-0.2, -0.15) is 9.40 Å². The molecule has 3 rings (SSSR count). The molecule has 0 aliphatic carbocycles. The van der Waals surface area contributed by atoms with Crippen molar-refractivity contribution in [1.29, 1.82) is 0 Å². The van der Waals surface area contributed by atoms with Gasteiger partial charge in [0.2, 0.25) is 10.0 Å². The van der Waals surface area contributed by atoms with E-state index in [4.69, 9.17) is 23.2 Å². The van der Waals surface area contributed by atoms with Gasteiger partial charge in [-0.15, -0.1) is 0 Å². The lowest BCUT2D eigenvalue weighted by atomic mass is 10.2. The van der Waals surface area contributed by atoms with Crippen molar-refractivity contribution >= 4 is 45.0 Å². The third-order valence-electron chi connectivity index (χ3n) is 4.73. The SMILES string of the molecule is CCN(CC)S(=O)(=O)c1cccc(C(=O)Nc2ccnn2Cc2ccc(Cl)cc2Cl)c1. The molecule has 0 unspecified atom stereocenters. The normalized spacial score (nSPS) is 11.6. The Morgan fingerprint density at radius 3 is 2.52 bits per heavy atom. The van der Waals surface area contributed by atoms with E-state index in [2.05, 4.69) is 10.4 Å². The fourth-order valence-electron chi connectivity index (χ4n) is 3.07. The predicted molar refractivity (Wildman–Crippen MR) is 122 cm³/mol. The lowest BCUT2D eigenvalue weighted by molar-refractivity contribution is 0.102. The molecule has 0 bridgehead atoms. The smallest absolute Gasteiger partial charge is 0.256 e. The molecule has 0 saturated carbocycles. The van der Waals surface area contributed by atoms with Crippen LogP contribution in [-0.4, -0.2) is 41.5 Å². The first-order chi connectivity index (χ1) is 14.8. The van der Waals surface area contributed by atoms with Gasteiger partial charge in [-0.1, -0.05) is 49.2 Å². The molecule has 0 saturated heterocycles. The lowest BCUT2D eigenvalue weighted by Gasteiger charge is -2.18. The molecule has 1 N–H and O–H groups in total. The standard InChI is InChI=1S/C21H22Cl2N4O3S/c1-3-26(4-2)31(29,30)18-7-5-6-15(12-18)21(28)25-20-10-11-24-27(20)14-16-8-9-17(22)13-19(16)23/h5-13H,3-4,14H2,1-2H3,(H,25,28). The maximum atomic E-state index is 12.8. The third-order valence-corrected chi connectivity index (χ3v) is 7.37. The van der Waals surface area contributed by atoms with Crippen molar-refractivity contribution in [1.82, 2.24) is 14.1 Å². The molecule has 31 heavy (non-hydrogen) atoms. The highest BCUT2D eigenvalue weighted by Gasteiger charge is 2.22. The van der Waals surface area contributed by atoms with Crippen molar-refractivity contribution < 1.29 is 13.2 Å². The Labute approximate surface area is 191 Å². The molecule has 0 radical (unpaired) electrons. The minimum atomic E-state index is -3.67. The maximum Gasteiger partial charge on any atom is 0.256 e. The van der Waals surface area contributed by atoms with E-state index in [0.717, 1.165) is 5.56 Å². The molecule has 0 aliphatic rings. The molecular weight excluding hydrogens is 459 g/mol. The topological polar surface area (TPSA) is 84.3 Å². The van der Waals surface area contributed by atoms with Gasteiger partial charge in [0.1, 0.15) is 5.82 Å². The van der Waals surface area contributed by atoms with E-state index in [1.54, 1.807) is 61.1 Å². The van der Waals surface area contributed by atoms with E-state index < -0.39 is 15.9 Å². The van der Waals surface area contributed by atoms with Gasteiger partial charge < -0.3 is 5.32 Å².